The summed E-state index contributed by atoms with van der Waals surface area (Å²) in [7, 11) is 0. The van der Waals surface area contributed by atoms with Gasteiger partial charge in [-0.3, -0.25) is 4.79 Å². The lowest BCUT2D eigenvalue weighted by atomic mass is 10.2. The standard InChI is InChI=1S/C15H32N2O3/c1-5-6-7-8-9-20-11-14(18)10-16-13(4)15(19)17-12(2)3/h12-14,16,18H,5-11H2,1-4H3,(H,17,19). The molecule has 2 unspecified atom stereocenters. The normalized spacial score (nSPS) is 14.3. The second-order valence-electron chi connectivity index (χ2n) is 5.58. The Balaban J connectivity index is 3.56. The highest BCUT2D eigenvalue weighted by Crippen LogP contribution is 1.99. The number of aliphatic hydroxyl groups excluding tert-OH is 1. The maximum atomic E-state index is 11.6. The van der Waals surface area contributed by atoms with Crippen LogP contribution in [0.5, 0.6) is 0 Å². The third-order valence-electron chi connectivity index (χ3n) is 2.94. The van der Waals surface area contributed by atoms with E-state index in [9.17, 15) is 9.90 Å². The first-order chi connectivity index (χ1) is 9.47. The van der Waals surface area contributed by atoms with E-state index in [4.69, 9.17) is 4.74 Å². The molecule has 5 heteroatoms. The van der Waals surface area contributed by atoms with E-state index >= 15 is 0 Å². The molecule has 2 atom stereocenters. The SMILES string of the molecule is CCCCCCOCC(O)CNC(C)C(=O)NC(C)C. The van der Waals surface area contributed by atoms with Gasteiger partial charge in [0.15, 0.2) is 0 Å². The number of carbonyl (C=O) groups is 1. The summed E-state index contributed by atoms with van der Waals surface area (Å²) in [5, 5.41) is 15.6. The number of hydrogen-bond donors (Lipinski definition) is 3. The van der Waals surface area contributed by atoms with E-state index in [0.717, 1.165) is 6.42 Å². The molecular weight excluding hydrogens is 256 g/mol. The van der Waals surface area contributed by atoms with Crippen LogP contribution in [0.3, 0.4) is 0 Å². The monoisotopic (exact) mass is 288 g/mol. The molecule has 0 aromatic rings. The molecule has 0 bridgehead atoms. The van der Waals surface area contributed by atoms with E-state index in [2.05, 4.69) is 17.6 Å². The van der Waals surface area contributed by atoms with Crippen molar-refractivity contribution < 1.29 is 14.6 Å². The van der Waals surface area contributed by atoms with Crippen LogP contribution in [0.1, 0.15) is 53.4 Å². The molecule has 0 radical (unpaired) electrons. The van der Waals surface area contributed by atoms with E-state index in [1.165, 1.54) is 19.3 Å². The second kappa shape index (κ2) is 12.1. The summed E-state index contributed by atoms with van der Waals surface area (Å²) in [6.45, 7) is 9.18. The first-order valence-corrected chi connectivity index (χ1v) is 7.76. The lowest BCUT2D eigenvalue weighted by Gasteiger charge is -2.18. The summed E-state index contributed by atoms with van der Waals surface area (Å²) in [4.78, 5) is 11.6. The van der Waals surface area contributed by atoms with Crippen molar-refractivity contribution in [2.24, 2.45) is 0 Å². The highest BCUT2D eigenvalue weighted by atomic mass is 16.5. The van der Waals surface area contributed by atoms with Gasteiger partial charge in [-0.15, -0.1) is 0 Å². The number of unbranched alkanes of at least 4 members (excludes halogenated alkanes) is 3. The smallest absolute Gasteiger partial charge is 0.237 e. The zero-order valence-electron chi connectivity index (χ0n) is 13.4. The maximum Gasteiger partial charge on any atom is 0.237 e. The molecule has 0 heterocycles. The predicted octanol–water partition coefficient (Wildman–Crippen LogP) is 1.45. The molecule has 5 nitrogen and oxygen atoms in total. The van der Waals surface area contributed by atoms with Gasteiger partial charge in [0.05, 0.1) is 18.8 Å². The summed E-state index contributed by atoms with van der Waals surface area (Å²) in [6, 6.07) is -0.181. The Labute approximate surface area is 123 Å². The minimum Gasteiger partial charge on any atom is -0.389 e. The van der Waals surface area contributed by atoms with Gasteiger partial charge in [-0.25, -0.2) is 0 Å². The third kappa shape index (κ3) is 11.2. The van der Waals surface area contributed by atoms with E-state index in [1.54, 1.807) is 6.92 Å². The van der Waals surface area contributed by atoms with Crippen LogP contribution in [0.2, 0.25) is 0 Å². The van der Waals surface area contributed by atoms with Gasteiger partial charge in [0.1, 0.15) is 0 Å². The number of ether oxygens (including phenoxy) is 1. The molecule has 0 saturated heterocycles. The maximum absolute atomic E-state index is 11.6. The van der Waals surface area contributed by atoms with Crippen LogP contribution >= 0.6 is 0 Å². The summed E-state index contributed by atoms with van der Waals surface area (Å²) in [6.07, 6.45) is 4.09. The van der Waals surface area contributed by atoms with Crippen molar-refractivity contribution >= 4 is 5.91 Å². The summed E-state index contributed by atoms with van der Waals surface area (Å²) in [5.41, 5.74) is 0. The lowest BCUT2D eigenvalue weighted by Crippen LogP contribution is -2.47. The fourth-order valence-corrected chi connectivity index (χ4v) is 1.72. The molecule has 0 aromatic heterocycles. The van der Waals surface area contributed by atoms with Crippen molar-refractivity contribution in [2.75, 3.05) is 19.8 Å². The van der Waals surface area contributed by atoms with Crippen molar-refractivity contribution in [3.8, 4) is 0 Å². The van der Waals surface area contributed by atoms with E-state index < -0.39 is 6.10 Å². The summed E-state index contributed by atoms with van der Waals surface area (Å²) < 4.78 is 5.41. The Morgan fingerprint density at radius 2 is 1.90 bits per heavy atom. The number of nitrogens with one attached hydrogen (secondary N) is 2. The fourth-order valence-electron chi connectivity index (χ4n) is 1.72. The highest BCUT2D eigenvalue weighted by molar-refractivity contribution is 5.81. The molecule has 0 aliphatic rings. The average Bonchev–Trinajstić information content (AvgIpc) is 2.39. The third-order valence-corrected chi connectivity index (χ3v) is 2.94. The van der Waals surface area contributed by atoms with Crippen molar-refractivity contribution in [1.82, 2.24) is 10.6 Å². The molecule has 120 valence electrons. The molecule has 20 heavy (non-hydrogen) atoms. The zero-order chi connectivity index (χ0) is 15.4. The molecule has 3 N–H and O–H groups in total. The first kappa shape index (κ1) is 19.4. The fraction of sp³-hybridized carbons (Fsp3) is 0.933. The first-order valence-electron chi connectivity index (χ1n) is 7.76. The van der Waals surface area contributed by atoms with Crippen LogP contribution in [0, 0.1) is 0 Å². The average molecular weight is 288 g/mol. The van der Waals surface area contributed by atoms with Gasteiger partial charge in [0, 0.05) is 19.2 Å². The summed E-state index contributed by atoms with van der Waals surface area (Å²) in [5.74, 6) is -0.0484. The predicted molar refractivity (Wildman–Crippen MR) is 81.7 cm³/mol. The highest BCUT2D eigenvalue weighted by Gasteiger charge is 2.14. The van der Waals surface area contributed by atoms with Gasteiger partial charge in [-0.2, -0.15) is 0 Å². The lowest BCUT2D eigenvalue weighted by molar-refractivity contribution is -0.123. The Morgan fingerprint density at radius 3 is 2.50 bits per heavy atom. The summed E-state index contributed by atoms with van der Waals surface area (Å²) >= 11 is 0. The zero-order valence-corrected chi connectivity index (χ0v) is 13.4. The van der Waals surface area contributed by atoms with Crippen LogP contribution in [-0.4, -0.2) is 49.0 Å². The Bertz CT molecular complexity index is 247. The topological polar surface area (TPSA) is 70.6 Å². The molecule has 1 amide bonds. The largest absolute Gasteiger partial charge is 0.389 e. The molecule has 0 aromatic carbocycles. The number of rotatable bonds is 12. The van der Waals surface area contributed by atoms with Crippen LogP contribution in [0.25, 0.3) is 0 Å². The van der Waals surface area contributed by atoms with Crippen molar-refractivity contribution in [1.29, 1.82) is 0 Å². The van der Waals surface area contributed by atoms with Crippen LogP contribution in [0.4, 0.5) is 0 Å². The molecular formula is C15H32N2O3. The van der Waals surface area contributed by atoms with E-state index in [-0.39, 0.29) is 18.0 Å². The second-order valence-corrected chi connectivity index (χ2v) is 5.58. The van der Waals surface area contributed by atoms with Crippen molar-refractivity contribution in [3.05, 3.63) is 0 Å². The molecule has 0 aliphatic heterocycles. The Morgan fingerprint density at radius 1 is 1.20 bits per heavy atom. The number of carbonyl (C=O) groups excluding carboxylic acids is 1. The quantitative estimate of drug-likeness (QED) is 0.475. The molecule has 0 saturated carbocycles. The van der Waals surface area contributed by atoms with E-state index in [1.807, 2.05) is 13.8 Å². The minimum atomic E-state index is -0.574. The van der Waals surface area contributed by atoms with Gasteiger partial charge in [-0.1, -0.05) is 26.2 Å². The number of aliphatic hydroxyl groups is 1. The molecule has 0 spiro atoms. The molecule has 0 fully saturated rings. The van der Waals surface area contributed by atoms with Gasteiger partial charge in [0.25, 0.3) is 0 Å². The van der Waals surface area contributed by atoms with Gasteiger partial charge in [-0.05, 0) is 27.2 Å². The number of hydrogen-bond acceptors (Lipinski definition) is 4. The van der Waals surface area contributed by atoms with E-state index in [0.29, 0.717) is 19.8 Å². The Hall–Kier alpha value is -0.650. The number of amides is 1. The van der Waals surface area contributed by atoms with Crippen LogP contribution < -0.4 is 10.6 Å². The van der Waals surface area contributed by atoms with Crippen LogP contribution in [-0.2, 0) is 9.53 Å². The van der Waals surface area contributed by atoms with Gasteiger partial charge >= 0.3 is 0 Å². The molecule has 0 rings (SSSR count). The Kier molecular flexibility index (Phi) is 11.7. The minimum absolute atomic E-state index is 0.0484. The van der Waals surface area contributed by atoms with Crippen molar-refractivity contribution in [3.63, 3.8) is 0 Å². The van der Waals surface area contributed by atoms with Crippen molar-refractivity contribution in [2.45, 2.75) is 71.6 Å². The van der Waals surface area contributed by atoms with Crippen LogP contribution in [0.15, 0.2) is 0 Å². The van der Waals surface area contributed by atoms with Gasteiger partial charge in [0.2, 0.25) is 5.91 Å². The molecule has 0 aliphatic carbocycles. The van der Waals surface area contributed by atoms with Gasteiger partial charge < -0.3 is 20.5 Å².